The highest BCUT2D eigenvalue weighted by Gasteiger charge is 2.24. The summed E-state index contributed by atoms with van der Waals surface area (Å²) in [7, 11) is -1.38. The summed E-state index contributed by atoms with van der Waals surface area (Å²) in [6.45, 7) is 0.814. The minimum Gasteiger partial charge on any atom is -0.400 e. The van der Waals surface area contributed by atoms with Crippen molar-refractivity contribution in [2.75, 3.05) is 19.1 Å². The second-order valence-corrected chi connectivity index (χ2v) is 6.02. The van der Waals surface area contributed by atoms with Gasteiger partial charge in [-0.1, -0.05) is 0 Å². The molecule has 3 nitrogen and oxygen atoms in total. The molecule has 0 radical (unpaired) electrons. The summed E-state index contributed by atoms with van der Waals surface area (Å²) >= 11 is 0. The molecule has 0 saturated carbocycles. The van der Waals surface area contributed by atoms with Crippen molar-refractivity contribution >= 4 is 8.80 Å². The molecular weight excluding hydrogens is 160 g/mol. The fourth-order valence-electron chi connectivity index (χ4n) is 1.43. The van der Waals surface area contributed by atoms with Crippen LogP contribution in [0.4, 0.5) is 0 Å². The van der Waals surface area contributed by atoms with Crippen molar-refractivity contribution in [2.45, 2.75) is 25.0 Å². The standard InChI is InChI=1S/C7H16O3Si/c8-5-11(6-9)7-3-1-2-4-10-7/h7-9,11H,1-6H2. The van der Waals surface area contributed by atoms with Crippen molar-refractivity contribution in [1.82, 2.24) is 0 Å². The summed E-state index contributed by atoms with van der Waals surface area (Å²) < 4.78 is 5.46. The van der Waals surface area contributed by atoms with E-state index in [4.69, 9.17) is 14.9 Å². The number of aliphatic hydroxyl groups is 2. The molecule has 11 heavy (non-hydrogen) atoms. The molecule has 1 fully saturated rings. The van der Waals surface area contributed by atoms with Gasteiger partial charge in [0.15, 0.2) is 0 Å². The van der Waals surface area contributed by atoms with Crippen LogP contribution in [0.3, 0.4) is 0 Å². The highest BCUT2D eigenvalue weighted by molar-refractivity contribution is 6.59. The van der Waals surface area contributed by atoms with E-state index < -0.39 is 8.80 Å². The Labute approximate surface area is 68.6 Å². The molecule has 0 bridgehead atoms. The largest absolute Gasteiger partial charge is 0.400 e. The molecule has 1 aliphatic heterocycles. The summed E-state index contributed by atoms with van der Waals surface area (Å²) in [6, 6.07) is 0. The molecule has 1 atom stereocenters. The van der Waals surface area contributed by atoms with E-state index in [0.717, 1.165) is 19.4 Å². The van der Waals surface area contributed by atoms with Crippen LogP contribution in [0.2, 0.25) is 0 Å². The lowest BCUT2D eigenvalue weighted by atomic mass is 10.2. The number of rotatable bonds is 3. The van der Waals surface area contributed by atoms with E-state index in [0.29, 0.717) is 0 Å². The van der Waals surface area contributed by atoms with Crippen molar-refractivity contribution in [1.29, 1.82) is 0 Å². The topological polar surface area (TPSA) is 49.7 Å². The third-order valence-electron chi connectivity index (χ3n) is 2.21. The zero-order chi connectivity index (χ0) is 8.10. The number of hydrogen-bond acceptors (Lipinski definition) is 3. The lowest BCUT2D eigenvalue weighted by Gasteiger charge is -2.26. The second kappa shape index (κ2) is 4.87. The van der Waals surface area contributed by atoms with Crippen molar-refractivity contribution < 1.29 is 14.9 Å². The van der Waals surface area contributed by atoms with E-state index in [9.17, 15) is 0 Å². The summed E-state index contributed by atoms with van der Waals surface area (Å²) in [4.78, 5) is 0. The van der Waals surface area contributed by atoms with Gasteiger partial charge in [-0.05, 0) is 19.3 Å². The predicted molar refractivity (Wildman–Crippen MR) is 44.9 cm³/mol. The summed E-state index contributed by atoms with van der Waals surface area (Å²) in [5, 5.41) is 17.8. The Morgan fingerprint density at radius 3 is 2.45 bits per heavy atom. The lowest BCUT2D eigenvalue weighted by molar-refractivity contribution is 0.0580. The molecule has 66 valence electrons. The zero-order valence-corrected chi connectivity index (χ0v) is 7.85. The molecule has 0 aromatic heterocycles. The van der Waals surface area contributed by atoms with Crippen LogP contribution in [-0.2, 0) is 4.74 Å². The van der Waals surface area contributed by atoms with Gasteiger partial charge in [-0.3, -0.25) is 0 Å². The minimum absolute atomic E-state index is 0.168. The average molecular weight is 176 g/mol. The van der Waals surface area contributed by atoms with Crippen LogP contribution in [0.25, 0.3) is 0 Å². The first-order valence-corrected chi connectivity index (χ1v) is 6.51. The average Bonchev–Trinajstić information content (AvgIpc) is 2.09. The number of ether oxygens (including phenoxy) is 1. The molecule has 1 aliphatic rings. The third-order valence-corrected chi connectivity index (χ3v) is 4.73. The van der Waals surface area contributed by atoms with Gasteiger partial charge in [-0.15, -0.1) is 0 Å². The highest BCUT2D eigenvalue weighted by atomic mass is 28.3. The molecule has 1 rings (SSSR count). The lowest BCUT2D eigenvalue weighted by Crippen LogP contribution is -2.42. The van der Waals surface area contributed by atoms with E-state index in [1.165, 1.54) is 6.42 Å². The monoisotopic (exact) mass is 176 g/mol. The highest BCUT2D eigenvalue weighted by Crippen LogP contribution is 2.14. The molecule has 0 aliphatic carbocycles. The Bertz CT molecular complexity index is 99.9. The number of hydrogen-bond donors (Lipinski definition) is 2. The van der Waals surface area contributed by atoms with Gasteiger partial charge in [-0.2, -0.15) is 0 Å². The van der Waals surface area contributed by atoms with Crippen molar-refractivity contribution in [3.05, 3.63) is 0 Å². The van der Waals surface area contributed by atoms with Crippen LogP contribution in [0, 0.1) is 0 Å². The van der Waals surface area contributed by atoms with Crippen molar-refractivity contribution in [3.63, 3.8) is 0 Å². The Balaban J connectivity index is 2.30. The predicted octanol–water partition coefficient (Wildman–Crippen LogP) is -0.615. The first kappa shape index (κ1) is 9.19. The third kappa shape index (κ3) is 2.55. The van der Waals surface area contributed by atoms with Gasteiger partial charge in [0.1, 0.15) is 8.80 Å². The summed E-state index contributed by atoms with van der Waals surface area (Å²) in [5.41, 5.74) is 0.221. The van der Waals surface area contributed by atoms with Gasteiger partial charge >= 0.3 is 0 Å². The minimum atomic E-state index is -1.38. The maximum atomic E-state index is 8.90. The van der Waals surface area contributed by atoms with Crippen LogP contribution < -0.4 is 0 Å². The fraction of sp³-hybridized carbons (Fsp3) is 1.00. The van der Waals surface area contributed by atoms with Crippen LogP contribution in [-0.4, -0.2) is 43.8 Å². The molecule has 1 unspecified atom stereocenters. The van der Waals surface area contributed by atoms with Gasteiger partial charge in [0.2, 0.25) is 0 Å². The van der Waals surface area contributed by atoms with E-state index in [2.05, 4.69) is 0 Å². The van der Waals surface area contributed by atoms with Crippen LogP contribution in [0.15, 0.2) is 0 Å². The Hall–Kier alpha value is 0.0969. The van der Waals surface area contributed by atoms with E-state index >= 15 is 0 Å². The van der Waals surface area contributed by atoms with Gasteiger partial charge in [0.05, 0.1) is 5.73 Å². The molecule has 0 aromatic carbocycles. The van der Waals surface area contributed by atoms with Gasteiger partial charge in [0.25, 0.3) is 0 Å². The van der Waals surface area contributed by atoms with Gasteiger partial charge in [0, 0.05) is 19.1 Å². The van der Waals surface area contributed by atoms with Crippen LogP contribution in [0.5, 0.6) is 0 Å². The first-order valence-electron chi connectivity index (χ1n) is 4.21. The first-order chi connectivity index (χ1) is 5.38. The van der Waals surface area contributed by atoms with Crippen LogP contribution in [0.1, 0.15) is 19.3 Å². The zero-order valence-electron chi connectivity index (χ0n) is 6.70. The maximum absolute atomic E-state index is 8.90. The van der Waals surface area contributed by atoms with E-state index in [1.807, 2.05) is 0 Å². The molecule has 0 aromatic rings. The smallest absolute Gasteiger partial charge is 0.129 e. The molecule has 1 saturated heterocycles. The summed E-state index contributed by atoms with van der Waals surface area (Å²) in [5.74, 6) is 0. The summed E-state index contributed by atoms with van der Waals surface area (Å²) in [6.07, 6.45) is 3.70. The fourth-order valence-corrected chi connectivity index (χ4v) is 3.13. The molecule has 0 spiro atoms. The molecule has 4 heteroatoms. The maximum Gasteiger partial charge on any atom is 0.129 e. The Morgan fingerprint density at radius 1 is 1.27 bits per heavy atom. The van der Waals surface area contributed by atoms with Crippen LogP contribution >= 0.6 is 0 Å². The van der Waals surface area contributed by atoms with E-state index in [1.54, 1.807) is 0 Å². The second-order valence-electron chi connectivity index (χ2n) is 3.03. The van der Waals surface area contributed by atoms with Crippen molar-refractivity contribution in [2.24, 2.45) is 0 Å². The molecule has 0 amide bonds. The number of aliphatic hydroxyl groups excluding tert-OH is 2. The van der Waals surface area contributed by atoms with E-state index in [-0.39, 0.29) is 18.2 Å². The molecular formula is C7H16O3Si. The quantitative estimate of drug-likeness (QED) is 0.564. The van der Waals surface area contributed by atoms with Gasteiger partial charge in [-0.25, -0.2) is 0 Å². The normalized spacial score (nSPS) is 25.9. The Kier molecular flexibility index (Phi) is 4.07. The Morgan fingerprint density at radius 2 is 2.00 bits per heavy atom. The molecule has 1 heterocycles. The van der Waals surface area contributed by atoms with Gasteiger partial charge < -0.3 is 14.9 Å². The molecule has 2 N–H and O–H groups in total. The van der Waals surface area contributed by atoms with Crippen molar-refractivity contribution in [3.8, 4) is 0 Å². The SMILES string of the molecule is OC[SiH](CO)C1CCCCO1.